The molecule has 0 radical (unpaired) electrons. The minimum absolute atomic E-state index is 0.0945. The van der Waals surface area contributed by atoms with Crippen LogP contribution >= 0.6 is 0 Å². The molecule has 9 nitrogen and oxygen atoms in total. The number of nitrogen functional groups attached to an aromatic ring is 1. The van der Waals surface area contributed by atoms with Crippen LogP contribution in [0.2, 0.25) is 0 Å². The van der Waals surface area contributed by atoms with Crippen LogP contribution < -0.4 is 5.73 Å². The van der Waals surface area contributed by atoms with Crippen LogP contribution in [0, 0.1) is 57.7 Å². The summed E-state index contributed by atoms with van der Waals surface area (Å²) in [6.45, 7) is 16.7. The summed E-state index contributed by atoms with van der Waals surface area (Å²) >= 11 is 30.8. The van der Waals surface area contributed by atoms with Gasteiger partial charge in [-0.25, -0.2) is 4.98 Å². The second-order valence-corrected chi connectivity index (χ2v) is 30.1. The third kappa shape index (κ3) is 10.9. The van der Waals surface area contributed by atoms with Gasteiger partial charge in [0.1, 0.15) is 35.3 Å². The molecule has 1 aromatic heterocycles. The molecule has 0 aromatic carbocycles. The molecule has 18 heteroatoms. The summed E-state index contributed by atoms with van der Waals surface area (Å²) in [5.74, 6) is 3.64. The van der Waals surface area contributed by atoms with Crippen LogP contribution in [0.25, 0.3) is 0 Å². The highest BCUT2D eigenvalue weighted by atomic mass is 33.1. The average molecular weight is 868 g/mol. The molecule has 1 heterocycles. The quantitative estimate of drug-likeness (QED) is 0.158. The summed E-state index contributed by atoms with van der Waals surface area (Å²) < 4.78 is 49.3. The second kappa shape index (κ2) is 16.3. The third-order valence-electron chi connectivity index (χ3n) is 13.2. The zero-order chi connectivity index (χ0) is 37.7. The molecule has 50 heavy (non-hydrogen) atoms. The molecule has 0 aliphatic heterocycles. The van der Waals surface area contributed by atoms with Crippen molar-refractivity contribution in [3.05, 3.63) is 12.4 Å². The number of nitrogens with one attached hydrogen (secondary N) is 1. The normalized spacial score (nSPS) is 37.4. The molecule has 6 N–H and O–H groups in total. The van der Waals surface area contributed by atoms with E-state index in [2.05, 4.69) is 58.4 Å². The van der Waals surface area contributed by atoms with E-state index in [4.69, 9.17) is 85.4 Å². The predicted molar refractivity (Wildman–Crippen MR) is 225 cm³/mol. The Morgan fingerprint density at radius 3 is 1.90 bits per heavy atom. The number of fused-ring (bicyclic) bond motifs is 5. The van der Waals surface area contributed by atoms with Crippen molar-refractivity contribution in [1.82, 2.24) is 9.97 Å². The Morgan fingerprint density at radius 1 is 0.840 bits per heavy atom. The number of nitrogens with two attached hydrogens (primary N) is 1. The molecular formula is C32H57N3O6S9. The first-order valence-electron chi connectivity index (χ1n) is 17.5. The number of hydrogen-bond acceptors (Lipinski definition) is 11. The molecular weight excluding hydrogens is 811 g/mol. The van der Waals surface area contributed by atoms with Gasteiger partial charge in [0.15, 0.2) is 5.95 Å². The van der Waals surface area contributed by atoms with Crippen molar-refractivity contribution < 1.29 is 26.2 Å². The molecule has 4 aliphatic carbocycles. The van der Waals surface area contributed by atoms with Crippen molar-refractivity contribution in [1.29, 1.82) is 0 Å². The van der Waals surface area contributed by atoms with Gasteiger partial charge in [0.2, 0.25) is 0 Å². The Balaban J connectivity index is 0.000000845. The van der Waals surface area contributed by atoms with Crippen LogP contribution in [0.3, 0.4) is 0 Å². The Hall–Kier alpha value is 1.14. The molecule has 0 spiro atoms. The van der Waals surface area contributed by atoms with Crippen LogP contribution in [0.5, 0.6) is 0 Å². The van der Waals surface area contributed by atoms with Gasteiger partial charge in [-0.3, -0.25) is 12.5 Å². The molecule has 5 rings (SSSR count). The van der Waals surface area contributed by atoms with E-state index in [0.29, 0.717) is 59.7 Å². The molecule has 12 atom stereocenters. The second-order valence-electron chi connectivity index (χ2n) is 16.9. The zero-order valence-corrected chi connectivity index (χ0v) is 37.4. The van der Waals surface area contributed by atoms with Gasteiger partial charge in [-0.2, -0.15) is 0 Å². The van der Waals surface area contributed by atoms with E-state index in [0.717, 1.165) is 12.8 Å². The van der Waals surface area contributed by atoms with Gasteiger partial charge in [-0.15, -0.1) is 0 Å². The standard InChI is InChI=1S/C29H52O6S9.C3H5N3/c1-17(8-9-18(2)27(3,4)5)20-10-11-21-19-14-24(33-42(30,36)37)23-15-25(34-43(31,38)39)26(35-44(32,40)41)16-29(23,7)22(19)12-13-28(20,21)6;4-3-5-1-2-6-3/h17-26H,8-16H2,1-7H3,(H,30,36,37)(H,31,38,39)(H,32,40,41);1-2H,(H3,4,5,6)/t17?,18?,19?,20-,21-,22-,23+,24-,25-,26-,28+,29+;/m0./s1. The molecule has 4 aliphatic rings. The van der Waals surface area contributed by atoms with Crippen LogP contribution in [0.15, 0.2) is 12.4 Å². The number of nitrogens with zero attached hydrogens (tertiary/aromatic N) is 1. The lowest BCUT2D eigenvalue weighted by atomic mass is 9.43. The highest BCUT2D eigenvalue weighted by Crippen LogP contribution is 2.69. The molecule has 4 fully saturated rings. The van der Waals surface area contributed by atoms with Gasteiger partial charge in [-0.05, 0) is 109 Å². The highest BCUT2D eigenvalue weighted by molar-refractivity contribution is 8.52. The smallest absolute Gasteiger partial charge is 0.197 e. The van der Waals surface area contributed by atoms with E-state index in [1.807, 2.05) is 0 Å². The number of H-pyrrole nitrogens is 1. The first-order valence-corrected chi connectivity index (χ1v) is 27.5. The number of aromatic nitrogens is 2. The number of aromatic amines is 1. The summed E-state index contributed by atoms with van der Waals surface area (Å²) in [6, 6.07) is 0. The van der Waals surface area contributed by atoms with E-state index in [1.54, 1.807) is 12.4 Å². The maximum absolute atomic E-state index is 10.6. The van der Waals surface area contributed by atoms with Crippen molar-refractivity contribution >= 4 is 96.2 Å². The van der Waals surface area contributed by atoms with Crippen molar-refractivity contribution in [2.45, 2.75) is 125 Å². The van der Waals surface area contributed by atoms with Gasteiger partial charge >= 0.3 is 0 Å². The van der Waals surface area contributed by atoms with E-state index in [9.17, 15) is 13.7 Å². The maximum atomic E-state index is 10.6. The van der Waals surface area contributed by atoms with E-state index in [1.165, 1.54) is 32.1 Å². The van der Waals surface area contributed by atoms with Crippen molar-refractivity contribution in [2.24, 2.45) is 57.7 Å². The molecule has 0 amide bonds. The first-order chi connectivity index (χ1) is 22.7. The first kappa shape index (κ1) is 43.9. The van der Waals surface area contributed by atoms with Gasteiger partial charge in [0.25, 0.3) is 0 Å². The summed E-state index contributed by atoms with van der Waals surface area (Å²) in [6.07, 6.45) is 10.3. The SMILES string of the molecule is CC(CCC(C)C(C)(C)C)[C@@H]1CC[C@H]2C3C[C@H](OS(O)(=S)=S)[C@H]4C[C@H](OS(O)(=S)=S)[C@@H](OS(O)(=S)=S)C[C@]4(C)[C@H]3CC[C@]12C.Nc1ncc[nH]1. The van der Waals surface area contributed by atoms with Crippen molar-refractivity contribution in [2.75, 3.05) is 5.73 Å². The monoisotopic (exact) mass is 867 g/mol. The van der Waals surface area contributed by atoms with Gasteiger partial charge < -0.3 is 24.4 Å². The fourth-order valence-electron chi connectivity index (χ4n) is 10.4. The lowest BCUT2D eigenvalue weighted by Gasteiger charge is -2.63. The van der Waals surface area contributed by atoms with E-state index in [-0.39, 0.29) is 22.9 Å². The third-order valence-corrected chi connectivity index (χ3v) is 16.1. The Kier molecular flexibility index (Phi) is 14.3. The van der Waals surface area contributed by atoms with Crippen LogP contribution in [-0.2, 0) is 103 Å². The Labute approximate surface area is 330 Å². The molecule has 290 valence electrons. The van der Waals surface area contributed by atoms with Crippen LogP contribution in [0.1, 0.15) is 106 Å². The lowest BCUT2D eigenvalue weighted by molar-refractivity contribution is -0.180. The zero-order valence-electron chi connectivity index (χ0n) is 30.1. The highest BCUT2D eigenvalue weighted by Gasteiger charge is 2.64. The fraction of sp³-hybridized carbons (Fsp3) is 0.906. The van der Waals surface area contributed by atoms with E-state index >= 15 is 0 Å². The average Bonchev–Trinajstić information content (AvgIpc) is 3.56. The minimum Gasteiger partial charge on any atom is -0.369 e. The molecule has 1 aromatic rings. The summed E-state index contributed by atoms with van der Waals surface area (Å²) in [4.78, 5) is 6.31. The summed E-state index contributed by atoms with van der Waals surface area (Å²) in [7, 11) is -9.43. The number of hydrogen-bond donors (Lipinski definition) is 5. The lowest BCUT2D eigenvalue weighted by Crippen LogP contribution is -2.62. The largest absolute Gasteiger partial charge is 0.369 e. The van der Waals surface area contributed by atoms with Crippen LogP contribution in [-0.4, -0.2) is 41.9 Å². The maximum Gasteiger partial charge on any atom is 0.197 e. The molecule has 0 bridgehead atoms. The molecule has 4 saturated carbocycles. The Bertz CT molecular complexity index is 1640. The molecule has 3 unspecified atom stereocenters. The van der Waals surface area contributed by atoms with Crippen molar-refractivity contribution in [3.8, 4) is 0 Å². The minimum atomic E-state index is -3.18. The van der Waals surface area contributed by atoms with Crippen LogP contribution in [0.4, 0.5) is 5.95 Å². The summed E-state index contributed by atoms with van der Waals surface area (Å²) in [5.41, 5.74) is 5.35. The van der Waals surface area contributed by atoms with Crippen molar-refractivity contribution in [3.63, 3.8) is 0 Å². The number of imidazole rings is 1. The van der Waals surface area contributed by atoms with Gasteiger partial charge in [0.05, 0.1) is 6.10 Å². The topological polar surface area (TPSA) is 143 Å². The Morgan fingerprint density at radius 2 is 1.40 bits per heavy atom. The fourth-order valence-corrected chi connectivity index (χ4v) is 13.8. The van der Waals surface area contributed by atoms with E-state index < -0.39 is 35.3 Å². The number of anilines is 1. The summed E-state index contributed by atoms with van der Waals surface area (Å²) in [5, 5.41) is 0. The van der Waals surface area contributed by atoms with Gasteiger partial charge in [-0.1, -0.05) is 54.9 Å². The number of rotatable bonds is 10. The van der Waals surface area contributed by atoms with Gasteiger partial charge in [0, 0.05) is 79.5 Å². The predicted octanol–water partition coefficient (Wildman–Crippen LogP) is 7.51. The molecule has 0 saturated heterocycles.